The van der Waals surface area contributed by atoms with Crippen molar-refractivity contribution in [2.24, 2.45) is 5.92 Å². The van der Waals surface area contributed by atoms with Crippen LogP contribution < -0.4 is 10.6 Å². The molecule has 0 radical (unpaired) electrons. The van der Waals surface area contributed by atoms with Crippen molar-refractivity contribution >= 4 is 12.0 Å². The van der Waals surface area contributed by atoms with Gasteiger partial charge < -0.3 is 20.7 Å². The van der Waals surface area contributed by atoms with Crippen LogP contribution in [0.25, 0.3) is 0 Å². The summed E-state index contributed by atoms with van der Waals surface area (Å²) in [7, 11) is 0. The fourth-order valence-electron chi connectivity index (χ4n) is 2.15. The molecule has 0 spiro atoms. The van der Waals surface area contributed by atoms with Crippen molar-refractivity contribution in [3.05, 3.63) is 18.2 Å². The smallest absolute Gasteiger partial charge is 0.326 e. The molecule has 7 nitrogen and oxygen atoms in total. The number of imidazole rings is 1. The average Bonchev–Trinajstić information content (AvgIpc) is 3.02. The second-order valence-corrected chi connectivity index (χ2v) is 5.37. The molecule has 1 heterocycles. The number of hydrogen-bond acceptors (Lipinski definition) is 3. The molecule has 7 heteroatoms. The Hall–Kier alpha value is -2.05. The number of urea groups is 1. The van der Waals surface area contributed by atoms with Crippen molar-refractivity contribution in [3.8, 4) is 0 Å². The SMILES string of the molecule is CC(CC1CC1)NC(=O)N[C@@H](Cc1cnc[nH]1)C(=O)O. The fourth-order valence-corrected chi connectivity index (χ4v) is 2.15. The van der Waals surface area contributed by atoms with Gasteiger partial charge in [-0.2, -0.15) is 0 Å². The Kier molecular flexibility index (Phi) is 4.60. The zero-order valence-corrected chi connectivity index (χ0v) is 11.4. The summed E-state index contributed by atoms with van der Waals surface area (Å²) in [4.78, 5) is 29.6. The molecule has 0 saturated heterocycles. The number of carboxylic acids is 1. The van der Waals surface area contributed by atoms with E-state index in [1.807, 2.05) is 6.92 Å². The van der Waals surface area contributed by atoms with Gasteiger partial charge in [0.2, 0.25) is 0 Å². The summed E-state index contributed by atoms with van der Waals surface area (Å²) in [6.45, 7) is 1.93. The number of rotatable bonds is 7. The normalized spacial score (nSPS) is 17.2. The van der Waals surface area contributed by atoms with E-state index in [1.54, 1.807) is 6.20 Å². The van der Waals surface area contributed by atoms with E-state index in [2.05, 4.69) is 20.6 Å². The minimum absolute atomic E-state index is 0.0594. The van der Waals surface area contributed by atoms with Crippen molar-refractivity contribution in [1.82, 2.24) is 20.6 Å². The lowest BCUT2D eigenvalue weighted by Gasteiger charge is -2.18. The number of aromatic amines is 1. The van der Waals surface area contributed by atoms with Crippen LogP contribution in [0, 0.1) is 5.92 Å². The first-order chi connectivity index (χ1) is 9.54. The molecule has 2 atom stereocenters. The van der Waals surface area contributed by atoms with Crippen LogP contribution in [0.15, 0.2) is 12.5 Å². The fraction of sp³-hybridized carbons (Fsp3) is 0.615. The molecule has 0 aromatic carbocycles. The molecule has 4 N–H and O–H groups in total. The molecule has 1 aromatic heterocycles. The van der Waals surface area contributed by atoms with Gasteiger partial charge in [-0.05, 0) is 19.3 Å². The van der Waals surface area contributed by atoms with E-state index < -0.39 is 18.0 Å². The first kappa shape index (κ1) is 14.4. The molecule has 1 aromatic rings. The van der Waals surface area contributed by atoms with Crippen LogP contribution in [0.2, 0.25) is 0 Å². The topological polar surface area (TPSA) is 107 Å². The summed E-state index contributed by atoms with van der Waals surface area (Å²) in [6.07, 6.45) is 6.61. The lowest BCUT2D eigenvalue weighted by atomic mass is 10.1. The van der Waals surface area contributed by atoms with Crippen LogP contribution in [0.4, 0.5) is 4.79 Å². The number of carbonyl (C=O) groups is 2. The molecule has 1 fully saturated rings. The highest BCUT2D eigenvalue weighted by Gasteiger charge is 2.25. The number of amides is 2. The zero-order valence-electron chi connectivity index (χ0n) is 11.4. The van der Waals surface area contributed by atoms with Gasteiger partial charge >= 0.3 is 12.0 Å². The van der Waals surface area contributed by atoms with Crippen molar-refractivity contribution in [2.45, 2.75) is 44.7 Å². The highest BCUT2D eigenvalue weighted by atomic mass is 16.4. The van der Waals surface area contributed by atoms with Gasteiger partial charge in [-0.3, -0.25) is 0 Å². The number of nitrogens with one attached hydrogen (secondary N) is 3. The van der Waals surface area contributed by atoms with Gasteiger partial charge in [-0.1, -0.05) is 12.8 Å². The highest BCUT2D eigenvalue weighted by Crippen LogP contribution is 2.33. The summed E-state index contributed by atoms with van der Waals surface area (Å²) in [5.41, 5.74) is 0.670. The number of H-pyrrole nitrogens is 1. The van der Waals surface area contributed by atoms with E-state index in [4.69, 9.17) is 5.11 Å². The standard InChI is InChI=1S/C13H20N4O3/c1-8(4-9-2-3-9)16-13(20)17-11(12(18)19)5-10-6-14-7-15-10/h6-9,11H,2-5H2,1H3,(H,14,15)(H,18,19)(H2,16,17,20)/t8?,11-/m0/s1. The first-order valence-electron chi connectivity index (χ1n) is 6.81. The maximum atomic E-state index is 11.8. The summed E-state index contributed by atoms with van der Waals surface area (Å²) in [5, 5.41) is 14.4. The molecule has 1 aliphatic carbocycles. The predicted octanol–water partition coefficient (Wildman–Crippen LogP) is 0.893. The van der Waals surface area contributed by atoms with Crippen LogP contribution >= 0.6 is 0 Å². The summed E-state index contributed by atoms with van der Waals surface area (Å²) in [6, 6.07) is -1.35. The molecule has 0 bridgehead atoms. The van der Waals surface area contributed by atoms with Gasteiger partial charge in [0.05, 0.1) is 6.33 Å². The lowest BCUT2D eigenvalue weighted by Crippen LogP contribution is -2.49. The van der Waals surface area contributed by atoms with E-state index >= 15 is 0 Å². The Bertz CT molecular complexity index is 456. The predicted molar refractivity (Wildman–Crippen MR) is 72.2 cm³/mol. The number of carboxylic acid groups (broad SMARTS) is 1. The Labute approximate surface area is 117 Å². The second-order valence-electron chi connectivity index (χ2n) is 5.37. The van der Waals surface area contributed by atoms with Gasteiger partial charge in [-0.25, -0.2) is 14.6 Å². The van der Waals surface area contributed by atoms with Crippen molar-refractivity contribution in [3.63, 3.8) is 0 Å². The summed E-state index contributed by atoms with van der Waals surface area (Å²) in [5.74, 6) is -0.352. The minimum Gasteiger partial charge on any atom is -0.480 e. The number of aliphatic carboxylic acids is 1. The Balaban J connectivity index is 1.80. The summed E-state index contributed by atoms with van der Waals surface area (Å²) < 4.78 is 0. The maximum absolute atomic E-state index is 11.8. The molecule has 20 heavy (non-hydrogen) atoms. The Morgan fingerprint density at radius 2 is 2.25 bits per heavy atom. The van der Waals surface area contributed by atoms with Gasteiger partial charge in [0.1, 0.15) is 6.04 Å². The average molecular weight is 280 g/mol. The molecule has 1 aliphatic rings. The van der Waals surface area contributed by atoms with Crippen LogP contribution in [0.5, 0.6) is 0 Å². The molecule has 1 unspecified atom stereocenters. The Morgan fingerprint density at radius 1 is 1.50 bits per heavy atom. The van der Waals surface area contributed by atoms with Crippen molar-refractivity contribution < 1.29 is 14.7 Å². The van der Waals surface area contributed by atoms with Crippen LogP contribution in [-0.4, -0.2) is 39.2 Å². The van der Waals surface area contributed by atoms with Crippen LogP contribution in [0.3, 0.4) is 0 Å². The van der Waals surface area contributed by atoms with Gasteiger partial charge in [0, 0.05) is 24.4 Å². The Morgan fingerprint density at radius 3 is 2.80 bits per heavy atom. The van der Waals surface area contributed by atoms with E-state index in [0.29, 0.717) is 11.6 Å². The molecule has 0 aliphatic heterocycles. The largest absolute Gasteiger partial charge is 0.480 e. The van der Waals surface area contributed by atoms with Crippen molar-refractivity contribution in [2.75, 3.05) is 0 Å². The van der Waals surface area contributed by atoms with E-state index in [1.165, 1.54) is 19.2 Å². The highest BCUT2D eigenvalue weighted by molar-refractivity contribution is 5.82. The molecular weight excluding hydrogens is 260 g/mol. The van der Waals surface area contributed by atoms with E-state index in [9.17, 15) is 9.59 Å². The first-order valence-corrected chi connectivity index (χ1v) is 6.81. The number of aromatic nitrogens is 2. The van der Waals surface area contributed by atoms with Gasteiger partial charge in [0.25, 0.3) is 0 Å². The monoisotopic (exact) mass is 280 g/mol. The van der Waals surface area contributed by atoms with Gasteiger partial charge in [0.15, 0.2) is 0 Å². The second kappa shape index (κ2) is 6.40. The molecule has 2 amide bonds. The van der Waals surface area contributed by atoms with Crippen LogP contribution in [-0.2, 0) is 11.2 Å². The quantitative estimate of drug-likeness (QED) is 0.595. The number of hydrogen-bond donors (Lipinski definition) is 4. The third kappa shape index (κ3) is 4.56. The van der Waals surface area contributed by atoms with Gasteiger partial charge in [-0.15, -0.1) is 0 Å². The van der Waals surface area contributed by atoms with Crippen molar-refractivity contribution in [1.29, 1.82) is 0 Å². The zero-order chi connectivity index (χ0) is 14.5. The van der Waals surface area contributed by atoms with E-state index in [0.717, 1.165) is 6.42 Å². The number of carbonyl (C=O) groups excluding carboxylic acids is 1. The lowest BCUT2D eigenvalue weighted by molar-refractivity contribution is -0.139. The minimum atomic E-state index is -1.07. The maximum Gasteiger partial charge on any atom is 0.326 e. The molecular formula is C13H20N4O3. The van der Waals surface area contributed by atoms with E-state index in [-0.39, 0.29) is 12.5 Å². The molecule has 2 rings (SSSR count). The number of nitrogens with zero attached hydrogens (tertiary/aromatic N) is 1. The third-order valence-corrected chi connectivity index (χ3v) is 3.34. The summed E-state index contributed by atoms with van der Waals surface area (Å²) >= 11 is 0. The molecule has 1 saturated carbocycles. The van der Waals surface area contributed by atoms with Crippen LogP contribution in [0.1, 0.15) is 31.9 Å². The molecule has 110 valence electrons. The third-order valence-electron chi connectivity index (χ3n) is 3.34.